The predicted molar refractivity (Wildman–Crippen MR) is 70.0 cm³/mol. The highest BCUT2D eigenvalue weighted by Crippen LogP contribution is 2.34. The van der Waals surface area contributed by atoms with Crippen molar-refractivity contribution in [3.63, 3.8) is 0 Å². The molecule has 2 heterocycles. The summed E-state index contributed by atoms with van der Waals surface area (Å²) in [6, 6.07) is 5.69. The van der Waals surface area contributed by atoms with Crippen molar-refractivity contribution in [2.45, 2.75) is 6.42 Å². The number of hydrogen-bond acceptors (Lipinski definition) is 2. The van der Waals surface area contributed by atoms with Gasteiger partial charge in [-0.3, -0.25) is 0 Å². The molecule has 1 aliphatic rings. The number of nitrogens with zero attached hydrogens (tertiary/aromatic N) is 1. The summed E-state index contributed by atoms with van der Waals surface area (Å²) >= 11 is 0. The Hall–Kier alpha value is -1.74. The van der Waals surface area contributed by atoms with Gasteiger partial charge in [0.1, 0.15) is 5.75 Å². The van der Waals surface area contributed by atoms with Gasteiger partial charge in [-0.05, 0) is 30.7 Å². The zero-order valence-electron chi connectivity index (χ0n) is 9.90. The molecule has 0 saturated carbocycles. The van der Waals surface area contributed by atoms with E-state index in [0.717, 1.165) is 30.4 Å². The van der Waals surface area contributed by atoms with E-state index in [0.29, 0.717) is 5.75 Å². The number of benzene rings is 1. The summed E-state index contributed by atoms with van der Waals surface area (Å²) in [4.78, 5) is 0. The number of aryl methyl sites for hydroxylation is 1. The van der Waals surface area contributed by atoms with Crippen LogP contribution in [0.3, 0.4) is 0 Å². The molecule has 1 aromatic carbocycles. The Morgan fingerprint density at radius 3 is 3.00 bits per heavy atom. The Bertz CT molecular complexity index is 596. The maximum absolute atomic E-state index is 10.0. The van der Waals surface area contributed by atoms with Crippen molar-refractivity contribution < 1.29 is 5.11 Å². The molecule has 0 spiro atoms. The summed E-state index contributed by atoms with van der Waals surface area (Å²) < 4.78 is 2.08. The Morgan fingerprint density at radius 2 is 2.24 bits per heavy atom. The summed E-state index contributed by atoms with van der Waals surface area (Å²) in [6.07, 6.45) is 5.35. The highest BCUT2D eigenvalue weighted by Gasteiger charge is 2.14. The molecule has 1 aromatic heterocycles. The number of rotatable bonds is 1. The van der Waals surface area contributed by atoms with Crippen molar-refractivity contribution in [1.29, 1.82) is 0 Å². The van der Waals surface area contributed by atoms with E-state index in [-0.39, 0.29) is 0 Å². The predicted octanol–water partition coefficient (Wildman–Crippen LogP) is 2.26. The fraction of sp³-hybridized carbons (Fsp3) is 0.286. The van der Waals surface area contributed by atoms with E-state index in [9.17, 15) is 5.11 Å². The molecule has 0 aliphatic carbocycles. The van der Waals surface area contributed by atoms with Gasteiger partial charge in [-0.25, -0.2) is 0 Å². The smallest absolute Gasteiger partial charge is 0.125 e. The number of nitrogens with one attached hydrogen (secondary N) is 1. The third kappa shape index (κ3) is 1.63. The normalized spacial score (nSPS) is 16.2. The largest absolute Gasteiger partial charge is 0.507 e. The first kappa shape index (κ1) is 10.4. The van der Waals surface area contributed by atoms with Gasteiger partial charge >= 0.3 is 0 Å². The Kier molecular flexibility index (Phi) is 2.41. The molecule has 3 heteroatoms. The lowest BCUT2D eigenvalue weighted by Crippen LogP contribution is -2.19. The number of aromatic hydroxyl groups is 1. The second-order valence-electron chi connectivity index (χ2n) is 4.51. The van der Waals surface area contributed by atoms with Gasteiger partial charge in [0.05, 0.1) is 5.52 Å². The molecule has 2 aromatic rings. The molecule has 88 valence electrons. The molecule has 2 N–H and O–H groups in total. The van der Waals surface area contributed by atoms with E-state index < -0.39 is 0 Å². The van der Waals surface area contributed by atoms with Crippen LogP contribution >= 0.6 is 0 Å². The monoisotopic (exact) mass is 228 g/mol. The summed E-state index contributed by atoms with van der Waals surface area (Å²) in [6.45, 7) is 1.93. The van der Waals surface area contributed by atoms with Crippen molar-refractivity contribution in [1.82, 2.24) is 9.88 Å². The van der Waals surface area contributed by atoms with Crippen molar-refractivity contribution in [3.05, 3.63) is 36.0 Å². The minimum atomic E-state index is 0.373. The maximum Gasteiger partial charge on any atom is 0.125 e. The number of hydrogen-bond donors (Lipinski definition) is 2. The topological polar surface area (TPSA) is 37.2 Å². The molecule has 0 radical (unpaired) electrons. The van der Waals surface area contributed by atoms with Gasteiger partial charge in [0.25, 0.3) is 0 Å². The molecule has 0 saturated heterocycles. The molecular weight excluding hydrogens is 212 g/mol. The van der Waals surface area contributed by atoms with Crippen molar-refractivity contribution in [2.75, 3.05) is 13.1 Å². The standard InChI is InChI=1S/C14H16N2O/c1-16-9-11(10-5-7-15-8-6-10)14-12(16)3-2-4-13(14)17/h2-5,9,15,17H,6-8H2,1H3. The van der Waals surface area contributed by atoms with Gasteiger partial charge in [0.15, 0.2) is 0 Å². The number of phenolic OH excluding ortho intramolecular Hbond substituents is 1. The highest BCUT2D eigenvalue weighted by molar-refractivity contribution is 5.97. The quantitative estimate of drug-likeness (QED) is 0.785. The molecule has 0 amide bonds. The first-order valence-electron chi connectivity index (χ1n) is 5.94. The van der Waals surface area contributed by atoms with Crippen molar-refractivity contribution in [2.24, 2.45) is 7.05 Å². The van der Waals surface area contributed by atoms with Gasteiger partial charge in [-0.2, -0.15) is 0 Å². The van der Waals surface area contributed by atoms with Gasteiger partial charge in [-0.15, -0.1) is 0 Å². The average molecular weight is 228 g/mol. The fourth-order valence-electron chi connectivity index (χ4n) is 2.54. The lowest BCUT2D eigenvalue weighted by molar-refractivity contribution is 0.481. The van der Waals surface area contributed by atoms with Crippen LogP contribution < -0.4 is 5.32 Å². The molecule has 0 fully saturated rings. The zero-order chi connectivity index (χ0) is 11.8. The van der Waals surface area contributed by atoms with Crippen molar-refractivity contribution >= 4 is 16.5 Å². The van der Waals surface area contributed by atoms with Crippen LogP contribution in [0.15, 0.2) is 30.5 Å². The van der Waals surface area contributed by atoms with Gasteiger partial charge in [-0.1, -0.05) is 12.1 Å². The maximum atomic E-state index is 10.0. The molecule has 17 heavy (non-hydrogen) atoms. The fourth-order valence-corrected chi connectivity index (χ4v) is 2.54. The second kappa shape index (κ2) is 3.93. The summed E-state index contributed by atoms with van der Waals surface area (Å²) in [5.41, 5.74) is 3.58. The van der Waals surface area contributed by atoms with E-state index in [4.69, 9.17) is 0 Å². The van der Waals surface area contributed by atoms with Crippen molar-refractivity contribution in [3.8, 4) is 5.75 Å². The Morgan fingerprint density at radius 1 is 1.35 bits per heavy atom. The summed E-state index contributed by atoms with van der Waals surface area (Å²) in [5, 5.41) is 14.3. The Balaban J connectivity index is 2.26. The van der Waals surface area contributed by atoms with Crippen LogP contribution in [0.4, 0.5) is 0 Å². The minimum absolute atomic E-state index is 0.373. The number of fused-ring (bicyclic) bond motifs is 1. The third-order valence-electron chi connectivity index (χ3n) is 3.40. The number of aromatic nitrogens is 1. The Labute approximate surface area is 100 Å². The number of phenols is 1. The van der Waals surface area contributed by atoms with E-state index in [1.165, 1.54) is 11.1 Å². The van der Waals surface area contributed by atoms with Crippen LogP contribution in [0.2, 0.25) is 0 Å². The first-order valence-corrected chi connectivity index (χ1v) is 5.94. The summed E-state index contributed by atoms with van der Waals surface area (Å²) in [7, 11) is 2.02. The first-order chi connectivity index (χ1) is 8.27. The molecule has 0 unspecified atom stereocenters. The molecule has 3 nitrogen and oxygen atoms in total. The van der Waals surface area contributed by atoms with Gasteiger partial charge in [0, 0.05) is 30.7 Å². The molecular formula is C14H16N2O. The highest BCUT2D eigenvalue weighted by atomic mass is 16.3. The molecule has 3 rings (SSSR count). The van der Waals surface area contributed by atoms with Crippen LogP contribution in [0.1, 0.15) is 12.0 Å². The van der Waals surface area contributed by atoms with Crippen LogP contribution in [0, 0.1) is 0 Å². The summed E-state index contributed by atoms with van der Waals surface area (Å²) in [5.74, 6) is 0.373. The van der Waals surface area contributed by atoms with E-state index >= 15 is 0 Å². The SMILES string of the molecule is Cn1cc(C2=CCNCC2)c2c(O)cccc21. The van der Waals surface area contributed by atoms with Crippen LogP contribution in [-0.4, -0.2) is 22.8 Å². The van der Waals surface area contributed by atoms with Crippen LogP contribution in [-0.2, 0) is 7.05 Å². The van der Waals surface area contributed by atoms with E-state index in [2.05, 4.69) is 22.2 Å². The van der Waals surface area contributed by atoms with Crippen LogP contribution in [0.5, 0.6) is 5.75 Å². The second-order valence-corrected chi connectivity index (χ2v) is 4.51. The molecule has 0 atom stereocenters. The average Bonchev–Trinajstić information content (AvgIpc) is 2.70. The van der Waals surface area contributed by atoms with Crippen LogP contribution in [0.25, 0.3) is 16.5 Å². The van der Waals surface area contributed by atoms with E-state index in [1.54, 1.807) is 6.07 Å². The molecule has 0 bridgehead atoms. The zero-order valence-corrected chi connectivity index (χ0v) is 9.90. The van der Waals surface area contributed by atoms with Gasteiger partial charge < -0.3 is 15.0 Å². The van der Waals surface area contributed by atoms with E-state index in [1.807, 2.05) is 19.2 Å². The minimum Gasteiger partial charge on any atom is -0.507 e. The third-order valence-corrected chi connectivity index (χ3v) is 3.40. The lowest BCUT2D eigenvalue weighted by Gasteiger charge is -2.13. The van der Waals surface area contributed by atoms with Gasteiger partial charge in [0.2, 0.25) is 0 Å². The molecule has 1 aliphatic heterocycles. The lowest BCUT2D eigenvalue weighted by atomic mass is 9.99.